The third-order valence-corrected chi connectivity index (χ3v) is 5.96. The Balaban J connectivity index is 1.97. The number of carbonyl (C=O) groups is 1. The van der Waals surface area contributed by atoms with Crippen molar-refractivity contribution in [2.45, 2.75) is 44.4 Å². The van der Waals surface area contributed by atoms with Crippen molar-refractivity contribution in [3.63, 3.8) is 0 Å². The molecule has 2 rings (SSSR count). The summed E-state index contributed by atoms with van der Waals surface area (Å²) in [6.45, 7) is 6.22. The number of unbranched alkanes of at least 4 members (excludes halogenated alkanes) is 2. The third-order valence-electron chi connectivity index (χ3n) is 4.73. The largest absolute Gasteiger partial charge is 0.342 e. The van der Waals surface area contributed by atoms with Crippen LogP contribution in [0.5, 0.6) is 0 Å². The Bertz CT molecular complexity index is 841. The highest BCUT2D eigenvalue weighted by molar-refractivity contribution is 7.87. The molecule has 0 aliphatic carbocycles. The van der Waals surface area contributed by atoms with Gasteiger partial charge in [-0.2, -0.15) is 8.42 Å². The molecule has 1 aliphatic rings. The van der Waals surface area contributed by atoms with Gasteiger partial charge in [-0.25, -0.2) is 0 Å². The number of aliphatic imine (C=N–C) groups is 1. The summed E-state index contributed by atoms with van der Waals surface area (Å²) in [4.78, 5) is 18.3. The minimum atomic E-state index is -4.13. The van der Waals surface area contributed by atoms with Gasteiger partial charge in [0.05, 0.1) is 34.2 Å². The first-order valence-electron chi connectivity index (χ1n) is 9.67. The van der Waals surface area contributed by atoms with Gasteiger partial charge in [0.1, 0.15) is 10.7 Å². The van der Waals surface area contributed by atoms with Gasteiger partial charge in [0, 0.05) is 18.7 Å². The smallest absolute Gasteiger partial charge is 0.341 e. The molecule has 0 fully saturated rings. The predicted molar refractivity (Wildman–Crippen MR) is 111 cm³/mol. The van der Waals surface area contributed by atoms with Crippen LogP contribution >= 0.6 is 0 Å². The maximum absolute atomic E-state index is 12.5. The highest BCUT2D eigenvalue weighted by atomic mass is 32.2. The lowest BCUT2D eigenvalue weighted by Crippen LogP contribution is -2.35. The Morgan fingerprint density at radius 2 is 1.89 bits per heavy atom. The number of benzene rings is 1. The van der Waals surface area contributed by atoms with Gasteiger partial charge in [0.2, 0.25) is 0 Å². The topological polar surface area (TPSA) is 76.0 Å². The molecule has 156 valence electrons. The van der Waals surface area contributed by atoms with Gasteiger partial charge in [-0.1, -0.05) is 6.07 Å². The van der Waals surface area contributed by atoms with E-state index in [1.54, 1.807) is 12.1 Å². The van der Waals surface area contributed by atoms with E-state index in [0.29, 0.717) is 19.5 Å². The molecule has 0 N–H and O–H groups in total. The van der Waals surface area contributed by atoms with Crippen LogP contribution in [0.15, 0.2) is 28.1 Å². The van der Waals surface area contributed by atoms with Crippen molar-refractivity contribution in [3.05, 3.63) is 23.8 Å². The molecule has 1 aromatic rings. The van der Waals surface area contributed by atoms with Crippen LogP contribution in [0.25, 0.3) is 0 Å². The number of hydrogen-bond donors (Lipinski definition) is 0. The van der Waals surface area contributed by atoms with Crippen molar-refractivity contribution in [2.75, 3.05) is 45.7 Å². The van der Waals surface area contributed by atoms with Crippen molar-refractivity contribution in [3.8, 4) is 0 Å². The molecule has 0 bridgehead atoms. The van der Waals surface area contributed by atoms with Gasteiger partial charge in [0.15, 0.2) is 0 Å². The van der Waals surface area contributed by atoms with Gasteiger partial charge in [-0.15, -0.1) is 0 Å². The first kappa shape index (κ1) is 22.4. The zero-order chi connectivity index (χ0) is 20.9. The van der Waals surface area contributed by atoms with Crippen LogP contribution in [0.2, 0.25) is 0 Å². The van der Waals surface area contributed by atoms with Gasteiger partial charge < -0.3 is 13.6 Å². The molecular weight excluding hydrogens is 378 g/mol. The fourth-order valence-corrected chi connectivity index (χ4v) is 4.05. The van der Waals surface area contributed by atoms with E-state index < -0.39 is 16.1 Å². The zero-order valence-corrected chi connectivity index (χ0v) is 18.4. The van der Waals surface area contributed by atoms with Crippen molar-refractivity contribution >= 4 is 27.6 Å². The summed E-state index contributed by atoms with van der Waals surface area (Å²) in [5.74, 6) is 0.148. The van der Waals surface area contributed by atoms with Gasteiger partial charge in [0.25, 0.3) is 0 Å². The Morgan fingerprint density at radius 1 is 1.18 bits per heavy atom. The number of hydrogen-bond acceptors (Lipinski definition) is 6. The van der Waals surface area contributed by atoms with E-state index in [1.807, 2.05) is 18.7 Å². The van der Waals surface area contributed by atoms with E-state index >= 15 is 0 Å². The number of amidine groups is 1. The van der Waals surface area contributed by atoms with E-state index in [9.17, 15) is 13.2 Å². The minimum absolute atomic E-state index is 0.00816. The molecule has 0 radical (unpaired) electrons. The molecule has 0 amide bonds. The highest BCUT2D eigenvalue weighted by Crippen LogP contribution is 2.27. The van der Waals surface area contributed by atoms with Gasteiger partial charge in [-0.3, -0.25) is 9.79 Å². The molecule has 0 unspecified atom stereocenters. The molecule has 0 spiro atoms. The molecule has 1 aliphatic heterocycles. The zero-order valence-electron chi connectivity index (χ0n) is 17.6. The lowest BCUT2D eigenvalue weighted by atomic mass is 10.2. The second-order valence-electron chi connectivity index (χ2n) is 8.26. The van der Waals surface area contributed by atoms with Crippen LogP contribution < -0.4 is 4.90 Å². The van der Waals surface area contributed by atoms with Crippen molar-refractivity contribution in [1.29, 1.82) is 0 Å². The number of quaternary nitrogens is 1. The average molecular weight is 411 g/mol. The molecule has 1 aromatic carbocycles. The van der Waals surface area contributed by atoms with Crippen LogP contribution in [-0.2, 0) is 19.1 Å². The van der Waals surface area contributed by atoms with Crippen LogP contribution in [0, 0.1) is 6.92 Å². The third kappa shape index (κ3) is 6.31. The van der Waals surface area contributed by atoms with Crippen LogP contribution in [0.4, 0.5) is 5.69 Å². The average Bonchev–Trinajstić information content (AvgIpc) is 2.99. The maximum atomic E-state index is 12.5. The lowest BCUT2D eigenvalue weighted by molar-refractivity contribution is -0.870. The van der Waals surface area contributed by atoms with E-state index in [1.165, 1.54) is 6.07 Å². The summed E-state index contributed by atoms with van der Waals surface area (Å²) < 4.78 is 30.8. The van der Waals surface area contributed by atoms with Crippen LogP contribution in [-0.4, -0.2) is 65.5 Å². The summed E-state index contributed by atoms with van der Waals surface area (Å²) >= 11 is 0. The van der Waals surface area contributed by atoms with Gasteiger partial charge >= 0.3 is 16.1 Å². The second-order valence-corrected chi connectivity index (χ2v) is 9.81. The molecule has 1 heterocycles. The van der Waals surface area contributed by atoms with E-state index in [4.69, 9.17) is 4.18 Å². The summed E-state index contributed by atoms with van der Waals surface area (Å²) in [5, 5.41) is 0. The normalized spacial score (nSPS) is 14.9. The number of anilines is 1. The molecule has 0 saturated carbocycles. The van der Waals surface area contributed by atoms with Crippen molar-refractivity contribution in [2.24, 2.45) is 4.99 Å². The van der Waals surface area contributed by atoms with E-state index in [-0.39, 0.29) is 11.3 Å². The number of rotatable bonds is 9. The van der Waals surface area contributed by atoms with Crippen molar-refractivity contribution < 1.29 is 21.9 Å². The summed E-state index contributed by atoms with van der Waals surface area (Å²) in [5.41, 5.74) is 1.72. The van der Waals surface area contributed by atoms with E-state index in [2.05, 4.69) is 26.1 Å². The first-order valence-corrected chi connectivity index (χ1v) is 11.1. The number of nitrogens with zero attached hydrogens (tertiary/aromatic N) is 3. The fourth-order valence-electron chi connectivity index (χ4n) is 3.13. The molecular formula is C20H32N3O4S+. The number of carbonyl (C=O) groups excluding carboxylic acids is 1. The summed E-state index contributed by atoms with van der Waals surface area (Å²) in [7, 11) is 2.22. The summed E-state index contributed by atoms with van der Waals surface area (Å²) in [6, 6.07) is 4.77. The molecule has 28 heavy (non-hydrogen) atoms. The maximum Gasteiger partial charge on any atom is 0.341 e. The molecule has 0 saturated heterocycles. The standard InChI is InChI=1S/C20H32N3O4S/c1-16-10-11-18(15-19(16)22-13-12-21-17(22)2)28(25,26)27-20(24)9-7-6-8-14-23(3,4)5/h10-11,15H,6-9,12-14H2,1-5H3/q+1. The fraction of sp³-hybridized carbons (Fsp3) is 0.600. The Kier molecular flexibility index (Phi) is 7.22. The molecule has 8 heteroatoms. The quantitative estimate of drug-likeness (QED) is 0.355. The summed E-state index contributed by atoms with van der Waals surface area (Å²) in [6.07, 6.45) is 2.58. The van der Waals surface area contributed by atoms with Crippen molar-refractivity contribution in [1.82, 2.24) is 0 Å². The second kappa shape index (κ2) is 9.05. The first-order chi connectivity index (χ1) is 13.0. The monoisotopic (exact) mass is 410 g/mol. The SMILES string of the molecule is CC1=NCCN1c1cc(S(=O)(=O)OC(=O)CCCCC[N+](C)(C)C)ccc1C. The Hall–Kier alpha value is -1.93. The Morgan fingerprint density at radius 3 is 2.50 bits per heavy atom. The van der Waals surface area contributed by atoms with Crippen LogP contribution in [0.3, 0.4) is 0 Å². The lowest BCUT2D eigenvalue weighted by Gasteiger charge is -2.23. The molecule has 7 nitrogen and oxygen atoms in total. The molecule has 0 atom stereocenters. The van der Waals surface area contributed by atoms with Crippen LogP contribution in [0.1, 0.15) is 38.2 Å². The predicted octanol–water partition coefficient (Wildman–Crippen LogP) is 2.73. The minimum Gasteiger partial charge on any atom is -0.342 e. The Labute approximate surface area is 168 Å². The van der Waals surface area contributed by atoms with Gasteiger partial charge in [-0.05, 0) is 50.8 Å². The molecule has 0 aromatic heterocycles. The van der Waals surface area contributed by atoms with E-state index in [0.717, 1.165) is 41.0 Å². The number of aryl methyl sites for hydroxylation is 1. The highest BCUT2D eigenvalue weighted by Gasteiger charge is 2.24.